The summed E-state index contributed by atoms with van der Waals surface area (Å²) in [4.78, 5) is 12.0. The Labute approximate surface area is 165 Å². The van der Waals surface area contributed by atoms with Gasteiger partial charge in [0, 0.05) is 10.1 Å². The van der Waals surface area contributed by atoms with Crippen molar-refractivity contribution in [3.05, 3.63) is 0 Å². The topological polar surface area (TPSA) is 88.1 Å². The van der Waals surface area contributed by atoms with Crippen LogP contribution < -0.4 is 0 Å². The second kappa shape index (κ2) is 8.90. The van der Waals surface area contributed by atoms with E-state index in [1.165, 1.54) is 0 Å². The fourth-order valence-electron chi connectivity index (χ4n) is 3.76. The van der Waals surface area contributed by atoms with Gasteiger partial charge in [-0.1, -0.05) is 41.5 Å². The number of hydrogen-bond acceptors (Lipinski definition) is 7. The van der Waals surface area contributed by atoms with Crippen LogP contribution >= 0.6 is 0 Å². The molecular weight excluding hydrogens is 388 g/mol. The summed E-state index contributed by atoms with van der Waals surface area (Å²) in [6.07, 6.45) is 1.59. The zero-order valence-corrected chi connectivity index (χ0v) is 19.8. The summed E-state index contributed by atoms with van der Waals surface area (Å²) in [5, 5.41) is -0.483. The third kappa shape index (κ3) is 6.81. The summed E-state index contributed by atoms with van der Waals surface area (Å²) >= 11 is 0. The van der Waals surface area contributed by atoms with Gasteiger partial charge in [0.2, 0.25) is 0 Å². The van der Waals surface area contributed by atoms with E-state index in [4.69, 9.17) is 17.8 Å². The van der Waals surface area contributed by atoms with Crippen molar-refractivity contribution in [3.8, 4) is 0 Å². The third-order valence-corrected chi connectivity index (χ3v) is 10.5. The zero-order valence-electron chi connectivity index (χ0n) is 18.0. The van der Waals surface area contributed by atoms with Crippen LogP contribution in [-0.4, -0.2) is 54.6 Å². The van der Waals surface area contributed by atoms with Crippen LogP contribution in [0.5, 0.6) is 0 Å². The van der Waals surface area contributed by atoms with Crippen LogP contribution in [-0.2, 0) is 32.7 Å². The number of hydrogen-bond donors (Lipinski definition) is 0. The molecule has 0 aliphatic carbocycles. The van der Waals surface area contributed by atoms with Gasteiger partial charge in [0.15, 0.2) is 0 Å². The van der Waals surface area contributed by atoms with E-state index in [0.29, 0.717) is 19.4 Å². The van der Waals surface area contributed by atoms with Crippen molar-refractivity contribution < 1.29 is 31.0 Å². The molecule has 0 aromatic heterocycles. The number of carbonyl (C=O) groups excluding carboxylic acids is 1. The number of esters is 1. The average Bonchev–Trinajstić information content (AvgIpc) is 2.43. The molecule has 1 fully saturated rings. The van der Waals surface area contributed by atoms with Crippen molar-refractivity contribution in [2.24, 2.45) is 0 Å². The van der Waals surface area contributed by atoms with E-state index in [0.717, 1.165) is 6.26 Å². The predicted octanol–water partition coefficient (Wildman–Crippen LogP) is 3.52. The van der Waals surface area contributed by atoms with Crippen molar-refractivity contribution >= 4 is 24.6 Å². The van der Waals surface area contributed by atoms with Crippen molar-refractivity contribution in [2.45, 2.75) is 90.0 Å². The number of ether oxygens (including phenoxy) is 1. The summed E-state index contributed by atoms with van der Waals surface area (Å²) in [5.41, 5.74) is 0. The Bertz CT molecular complexity index is 590. The first-order valence-electron chi connectivity index (χ1n) is 9.47. The molecule has 1 aliphatic rings. The van der Waals surface area contributed by atoms with Crippen LogP contribution in [0.15, 0.2) is 0 Å². The molecule has 27 heavy (non-hydrogen) atoms. The molecule has 1 saturated heterocycles. The SMILES string of the molecule is CCOC(=O)C[C@@H]1C[C@H](CCOS(C)(=O)=O)O[Si](C(C)(C)C)(C(C)(C)C)O1. The minimum absolute atomic E-state index is 0.0500. The van der Waals surface area contributed by atoms with Crippen molar-refractivity contribution in [1.82, 2.24) is 0 Å². The smallest absolute Gasteiger partial charge is 0.349 e. The highest BCUT2D eigenvalue weighted by Gasteiger charge is 2.62. The van der Waals surface area contributed by atoms with Gasteiger partial charge in [-0.2, -0.15) is 8.42 Å². The third-order valence-electron chi connectivity index (χ3n) is 4.60. The number of carbonyl (C=O) groups is 1. The van der Waals surface area contributed by atoms with E-state index in [9.17, 15) is 13.2 Å². The minimum atomic E-state index is -3.50. The maximum absolute atomic E-state index is 12.0. The van der Waals surface area contributed by atoms with E-state index < -0.39 is 18.7 Å². The van der Waals surface area contributed by atoms with E-state index in [-0.39, 0.29) is 41.3 Å². The van der Waals surface area contributed by atoms with E-state index in [2.05, 4.69) is 41.5 Å². The van der Waals surface area contributed by atoms with Gasteiger partial charge < -0.3 is 13.6 Å². The van der Waals surface area contributed by atoms with E-state index >= 15 is 0 Å². The largest absolute Gasteiger partial charge is 0.466 e. The van der Waals surface area contributed by atoms with Gasteiger partial charge in [0.1, 0.15) is 0 Å². The van der Waals surface area contributed by atoms with Crippen LogP contribution in [0, 0.1) is 0 Å². The molecule has 2 atom stereocenters. The zero-order chi connectivity index (χ0) is 21.1. The molecule has 7 nitrogen and oxygen atoms in total. The summed E-state index contributed by atoms with van der Waals surface area (Å²) in [7, 11) is -6.31. The molecule has 0 bridgehead atoms. The van der Waals surface area contributed by atoms with Crippen LogP contribution in [0.3, 0.4) is 0 Å². The maximum Gasteiger partial charge on any atom is 0.349 e. The molecule has 160 valence electrons. The predicted molar refractivity (Wildman–Crippen MR) is 106 cm³/mol. The van der Waals surface area contributed by atoms with Crippen molar-refractivity contribution in [2.75, 3.05) is 19.5 Å². The molecule has 0 amide bonds. The molecule has 0 N–H and O–H groups in total. The molecule has 1 rings (SSSR count). The number of rotatable bonds is 7. The van der Waals surface area contributed by atoms with Crippen LogP contribution in [0.25, 0.3) is 0 Å². The highest BCUT2D eigenvalue weighted by molar-refractivity contribution is 7.85. The van der Waals surface area contributed by atoms with Gasteiger partial charge in [-0.25, -0.2) is 0 Å². The molecule has 0 unspecified atom stereocenters. The van der Waals surface area contributed by atoms with Gasteiger partial charge in [0.05, 0.1) is 38.1 Å². The van der Waals surface area contributed by atoms with Gasteiger partial charge in [-0.05, 0) is 19.8 Å². The maximum atomic E-state index is 12.0. The standard InChI is InChI=1S/C18H36O7SSi/c1-9-22-16(19)13-15-12-14(10-11-23-26(8,20)21)24-27(25-15,17(2,3)4)18(5,6)7/h14-15H,9-13H2,1-8H3/t14-,15-/m0/s1. The van der Waals surface area contributed by atoms with E-state index in [1.807, 2.05) is 0 Å². The second-order valence-corrected chi connectivity index (χ2v) is 15.5. The highest BCUT2D eigenvalue weighted by atomic mass is 32.2. The summed E-state index contributed by atoms with van der Waals surface area (Å²) in [6.45, 7) is 14.7. The normalized spacial score (nSPS) is 23.9. The quantitative estimate of drug-likeness (QED) is 0.351. The Kier molecular flexibility index (Phi) is 8.09. The minimum Gasteiger partial charge on any atom is -0.466 e. The lowest BCUT2D eigenvalue weighted by Crippen LogP contribution is -2.63. The van der Waals surface area contributed by atoms with Crippen LogP contribution in [0.4, 0.5) is 0 Å². The van der Waals surface area contributed by atoms with Gasteiger partial charge in [-0.3, -0.25) is 8.98 Å². The lowest BCUT2D eigenvalue weighted by atomic mass is 10.1. The van der Waals surface area contributed by atoms with Gasteiger partial charge >= 0.3 is 14.5 Å². The fraction of sp³-hybridized carbons (Fsp3) is 0.944. The first kappa shape index (κ1) is 24.6. The Hall–Kier alpha value is -0.483. The lowest BCUT2D eigenvalue weighted by Gasteiger charge is -2.55. The molecule has 0 aromatic carbocycles. The lowest BCUT2D eigenvalue weighted by molar-refractivity contribution is -0.147. The molecule has 9 heteroatoms. The molecule has 0 saturated carbocycles. The molecule has 0 spiro atoms. The van der Waals surface area contributed by atoms with Crippen molar-refractivity contribution in [1.29, 1.82) is 0 Å². The van der Waals surface area contributed by atoms with Gasteiger partial charge in [-0.15, -0.1) is 0 Å². The molecular formula is C18H36O7SSi. The van der Waals surface area contributed by atoms with Crippen molar-refractivity contribution in [3.63, 3.8) is 0 Å². The molecule has 0 radical (unpaired) electrons. The monoisotopic (exact) mass is 424 g/mol. The summed E-state index contributed by atoms with van der Waals surface area (Å²) in [5.74, 6) is -0.291. The highest BCUT2D eigenvalue weighted by Crippen LogP contribution is 2.55. The van der Waals surface area contributed by atoms with E-state index in [1.54, 1.807) is 6.92 Å². The average molecular weight is 425 g/mol. The van der Waals surface area contributed by atoms with Gasteiger partial charge in [0.25, 0.3) is 10.1 Å². The molecule has 1 aliphatic heterocycles. The first-order valence-corrected chi connectivity index (χ1v) is 13.1. The van der Waals surface area contributed by atoms with Crippen LogP contribution in [0.2, 0.25) is 10.1 Å². The molecule has 0 aromatic rings. The summed E-state index contributed by atoms with van der Waals surface area (Å²) < 4.78 is 45.7. The Morgan fingerprint density at radius 1 is 1.07 bits per heavy atom. The fourth-order valence-corrected chi connectivity index (χ4v) is 9.21. The Morgan fingerprint density at radius 3 is 2.04 bits per heavy atom. The molecule has 1 heterocycles. The Balaban J connectivity index is 3.09. The first-order chi connectivity index (χ1) is 12.1. The summed E-state index contributed by atoms with van der Waals surface area (Å²) in [6, 6.07) is 0. The van der Waals surface area contributed by atoms with Crippen LogP contribution in [0.1, 0.15) is 67.7 Å². The Morgan fingerprint density at radius 2 is 1.59 bits per heavy atom. The second-order valence-electron chi connectivity index (χ2n) is 9.16.